The van der Waals surface area contributed by atoms with Gasteiger partial charge in [0.1, 0.15) is 0 Å². The van der Waals surface area contributed by atoms with Gasteiger partial charge in [-0.3, -0.25) is 4.90 Å². The van der Waals surface area contributed by atoms with Gasteiger partial charge in [0.25, 0.3) is 0 Å². The minimum absolute atomic E-state index is 0.864. The zero-order valence-electron chi connectivity index (χ0n) is 8.12. The standard InChI is InChI=1S/C10H19NS/c1-3-4-5-11-6-7-12-9-10(2)8-11/h3-4,10H,5-9H2,1-2H3/b4-3+. The smallest absolute Gasteiger partial charge is 0.0163 e. The number of allylic oxidation sites excluding steroid dienone is 1. The van der Waals surface area contributed by atoms with Gasteiger partial charge in [-0.1, -0.05) is 19.1 Å². The molecule has 0 radical (unpaired) electrons. The van der Waals surface area contributed by atoms with Gasteiger partial charge in [0.2, 0.25) is 0 Å². The van der Waals surface area contributed by atoms with Gasteiger partial charge in [0.05, 0.1) is 0 Å². The van der Waals surface area contributed by atoms with E-state index in [0.717, 1.165) is 12.5 Å². The third kappa shape index (κ3) is 3.63. The van der Waals surface area contributed by atoms with Gasteiger partial charge < -0.3 is 0 Å². The quantitative estimate of drug-likeness (QED) is 0.607. The normalized spacial score (nSPS) is 27.7. The fourth-order valence-corrected chi connectivity index (χ4v) is 2.54. The molecule has 0 N–H and O–H groups in total. The third-order valence-corrected chi connectivity index (χ3v) is 3.40. The van der Waals surface area contributed by atoms with Crippen LogP contribution in [0.4, 0.5) is 0 Å². The Hall–Kier alpha value is 0.0500. The molecular weight excluding hydrogens is 166 g/mol. The molecule has 1 aliphatic heterocycles. The Kier molecular flexibility index (Phi) is 4.77. The van der Waals surface area contributed by atoms with Crippen molar-refractivity contribution in [3.05, 3.63) is 12.2 Å². The number of thioether (sulfide) groups is 1. The second-order valence-electron chi connectivity index (χ2n) is 3.51. The molecule has 12 heavy (non-hydrogen) atoms. The predicted octanol–water partition coefficient (Wildman–Crippen LogP) is 2.25. The highest BCUT2D eigenvalue weighted by atomic mass is 32.2. The van der Waals surface area contributed by atoms with Crippen LogP contribution in [0.15, 0.2) is 12.2 Å². The first-order valence-corrected chi connectivity index (χ1v) is 5.89. The van der Waals surface area contributed by atoms with Gasteiger partial charge >= 0.3 is 0 Å². The lowest BCUT2D eigenvalue weighted by Gasteiger charge is -2.19. The van der Waals surface area contributed by atoms with Crippen molar-refractivity contribution < 1.29 is 0 Å². The minimum atomic E-state index is 0.864. The summed E-state index contributed by atoms with van der Waals surface area (Å²) < 4.78 is 0. The molecule has 0 aromatic heterocycles. The second kappa shape index (κ2) is 5.65. The molecule has 0 amide bonds. The molecule has 70 valence electrons. The molecule has 1 saturated heterocycles. The average Bonchev–Trinajstić information content (AvgIpc) is 2.26. The lowest BCUT2D eigenvalue weighted by Crippen LogP contribution is -2.29. The maximum absolute atomic E-state index is 2.55. The first-order valence-electron chi connectivity index (χ1n) is 4.74. The highest BCUT2D eigenvalue weighted by Crippen LogP contribution is 2.14. The lowest BCUT2D eigenvalue weighted by atomic mass is 10.2. The van der Waals surface area contributed by atoms with E-state index >= 15 is 0 Å². The first-order chi connectivity index (χ1) is 5.83. The molecule has 1 aliphatic rings. The Morgan fingerprint density at radius 3 is 3.17 bits per heavy atom. The predicted molar refractivity (Wildman–Crippen MR) is 57.7 cm³/mol. The van der Waals surface area contributed by atoms with Crippen molar-refractivity contribution >= 4 is 11.8 Å². The SMILES string of the molecule is C/C=C/CN1CCSCC(C)C1. The van der Waals surface area contributed by atoms with Crippen molar-refractivity contribution in [1.82, 2.24) is 4.90 Å². The largest absolute Gasteiger partial charge is 0.299 e. The topological polar surface area (TPSA) is 3.24 Å². The number of hydrogen-bond donors (Lipinski definition) is 0. The molecule has 1 unspecified atom stereocenters. The molecule has 1 fully saturated rings. The van der Waals surface area contributed by atoms with Gasteiger partial charge in [0, 0.05) is 25.4 Å². The van der Waals surface area contributed by atoms with E-state index in [0.29, 0.717) is 0 Å². The molecule has 1 atom stereocenters. The average molecular weight is 185 g/mol. The summed E-state index contributed by atoms with van der Waals surface area (Å²) in [5, 5.41) is 0. The molecule has 1 heterocycles. The summed E-state index contributed by atoms with van der Waals surface area (Å²) >= 11 is 2.10. The Balaban J connectivity index is 2.30. The molecule has 0 spiro atoms. The fraction of sp³-hybridized carbons (Fsp3) is 0.800. The zero-order valence-corrected chi connectivity index (χ0v) is 8.94. The number of rotatable bonds is 2. The fourth-order valence-electron chi connectivity index (χ4n) is 1.48. The van der Waals surface area contributed by atoms with Crippen LogP contribution in [0.1, 0.15) is 13.8 Å². The van der Waals surface area contributed by atoms with E-state index in [1.54, 1.807) is 0 Å². The molecule has 0 aliphatic carbocycles. The molecular formula is C10H19NS. The maximum atomic E-state index is 2.55. The van der Waals surface area contributed by atoms with E-state index in [1.807, 2.05) is 0 Å². The third-order valence-electron chi connectivity index (χ3n) is 2.12. The van der Waals surface area contributed by atoms with Crippen LogP contribution >= 0.6 is 11.8 Å². The van der Waals surface area contributed by atoms with Crippen LogP contribution in [0.5, 0.6) is 0 Å². The Bertz CT molecular complexity index is 145. The van der Waals surface area contributed by atoms with E-state index in [9.17, 15) is 0 Å². The molecule has 0 bridgehead atoms. The Morgan fingerprint density at radius 2 is 2.42 bits per heavy atom. The van der Waals surface area contributed by atoms with Crippen LogP contribution in [0.2, 0.25) is 0 Å². The summed E-state index contributed by atoms with van der Waals surface area (Å²) in [6, 6.07) is 0. The van der Waals surface area contributed by atoms with Gasteiger partial charge in [0.15, 0.2) is 0 Å². The van der Waals surface area contributed by atoms with Gasteiger partial charge in [-0.2, -0.15) is 11.8 Å². The summed E-state index contributed by atoms with van der Waals surface area (Å²) in [7, 11) is 0. The second-order valence-corrected chi connectivity index (χ2v) is 4.66. The summed E-state index contributed by atoms with van der Waals surface area (Å²) in [5.74, 6) is 3.51. The van der Waals surface area contributed by atoms with Crippen molar-refractivity contribution in [3.8, 4) is 0 Å². The first kappa shape index (κ1) is 10.1. The maximum Gasteiger partial charge on any atom is 0.0163 e. The van der Waals surface area contributed by atoms with Gasteiger partial charge in [-0.15, -0.1) is 0 Å². The van der Waals surface area contributed by atoms with Crippen molar-refractivity contribution in [2.45, 2.75) is 13.8 Å². The molecule has 0 aromatic rings. The van der Waals surface area contributed by atoms with Crippen LogP contribution in [-0.4, -0.2) is 36.0 Å². The molecule has 1 nitrogen and oxygen atoms in total. The van der Waals surface area contributed by atoms with Crippen LogP contribution in [-0.2, 0) is 0 Å². The van der Waals surface area contributed by atoms with Crippen LogP contribution < -0.4 is 0 Å². The molecule has 1 rings (SSSR count). The van der Waals surface area contributed by atoms with E-state index in [1.165, 1.54) is 24.6 Å². The zero-order chi connectivity index (χ0) is 8.81. The summed E-state index contributed by atoms with van der Waals surface area (Å²) in [5.41, 5.74) is 0. The van der Waals surface area contributed by atoms with Crippen LogP contribution in [0.25, 0.3) is 0 Å². The molecule has 0 aromatic carbocycles. The Labute approximate surface area is 80.2 Å². The van der Waals surface area contributed by atoms with Crippen molar-refractivity contribution in [1.29, 1.82) is 0 Å². The van der Waals surface area contributed by atoms with Gasteiger partial charge in [-0.05, 0) is 18.6 Å². The highest BCUT2D eigenvalue weighted by molar-refractivity contribution is 7.99. The van der Waals surface area contributed by atoms with E-state index in [-0.39, 0.29) is 0 Å². The van der Waals surface area contributed by atoms with E-state index < -0.39 is 0 Å². The van der Waals surface area contributed by atoms with E-state index in [4.69, 9.17) is 0 Å². The molecule has 2 heteroatoms. The number of nitrogens with zero attached hydrogens (tertiary/aromatic N) is 1. The number of hydrogen-bond acceptors (Lipinski definition) is 2. The highest BCUT2D eigenvalue weighted by Gasteiger charge is 2.12. The van der Waals surface area contributed by atoms with Gasteiger partial charge in [-0.25, -0.2) is 0 Å². The van der Waals surface area contributed by atoms with Crippen LogP contribution in [0.3, 0.4) is 0 Å². The molecule has 0 saturated carbocycles. The Morgan fingerprint density at radius 1 is 1.58 bits per heavy atom. The lowest BCUT2D eigenvalue weighted by molar-refractivity contribution is 0.291. The summed E-state index contributed by atoms with van der Waals surface area (Å²) in [6.07, 6.45) is 4.39. The monoisotopic (exact) mass is 185 g/mol. The van der Waals surface area contributed by atoms with Crippen molar-refractivity contribution in [3.63, 3.8) is 0 Å². The minimum Gasteiger partial charge on any atom is -0.299 e. The van der Waals surface area contributed by atoms with Crippen molar-refractivity contribution in [2.75, 3.05) is 31.1 Å². The van der Waals surface area contributed by atoms with Crippen LogP contribution in [0, 0.1) is 5.92 Å². The van der Waals surface area contributed by atoms with Crippen molar-refractivity contribution in [2.24, 2.45) is 5.92 Å². The van der Waals surface area contributed by atoms with E-state index in [2.05, 4.69) is 42.7 Å². The summed E-state index contributed by atoms with van der Waals surface area (Å²) in [4.78, 5) is 2.55. The summed E-state index contributed by atoms with van der Waals surface area (Å²) in [6.45, 7) is 8.12.